The predicted molar refractivity (Wildman–Crippen MR) is 245 cm³/mol. The zero-order valence-corrected chi connectivity index (χ0v) is 37.7. The number of rotatable bonds is 13. The topological polar surface area (TPSA) is 245 Å². The number of hydrogen-bond donors (Lipinski definition) is 9. The number of aromatic hydroxyl groups is 2. The van der Waals surface area contributed by atoms with Gasteiger partial charge in [-0.1, -0.05) is 25.8 Å². The first kappa shape index (κ1) is 45.6. The summed E-state index contributed by atoms with van der Waals surface area (Å²) in [5.74, 6) is 1.05. The van der Waals surface area contributed by atoms with E-state index < -0.39 is 60.7 Å². The van der Waals surface area contributed by atoms with Gasteiger partial charge in [0.2, 0.25) is 17.2 Å². The van der Waals surface area contributed by atoms with Crippen LogP contribution in [0.25, 0.3) is 21.7 Å². The van der Waals surface area contributed by atoms with E-state index in [0.717, 1.165) is 61.1 Å². The largest absolute Gasteiger partial charge is 0.508 e. The van der Waals surface area contributed by atoms with Crippen LogP contribution in [0.3, 0.4) is 0 Å². The van der Waals surface area contributed by atoms with E-state index >= 15 is 0 Å². The van der Waals surface area contributed by atoms with E-state index in [-0.39, 0.29) is 47.1 Å². The lowest BCUT2D eigenvalue weighted by atomic mass is 9.62. The molecule has 1 saturated heterocycles. The smallest absolute Gasteiger partial charge is 0.226 e. The van der Waals surface area contributed by atoms with Crippen molar-refractivity contribution in [3.8, 4) is 17.2 Å². The number of phenolic OH excluding ortho intramolecular Hbond substituents is 2. The zero-order chi connectivity index (χ0) is 47.0. The number of fused-ring (bicyclic) bond motifs is 4. The number of hydrogen-bond acceptors (Lipinski definition) is 14. The zero-order valence-electron chi connectivity index (χ0n) is 37.7. The lowest BCUT2D eigenvalue weighted by molar-refractivity contribution is -0.793. The maximum absolute atomic E-state index is 13.9. The van der Waals surface area contributed by atoms with Crippen LogP contribution in [-0.4, -0.2) is 109 Å². The second-order valence-electron chi connectivity index (χ2n) is 19.9. The molecule has 16 heteroatoms. The number of amides is 1. The Hall–Kier alpha value is -5.17. The van der Waals surface area contributed by atoms with Gasteiger partial charge in [-0.05, 0) is 105 Å². The summed E-state index contributed by atoms with van der Waals surface area (Å²) in [6, 6.07) is 10.4. The lowest BCUT2D eigenvalue weighted by Crippen LogP contribution is -3.05. The van der Waals surface area contributed by atoms with E-state index in [1.54, 1.807) is 19.2 Å². The quantitative estimate of drug-likeness (QED) is 0.0691. The van der Waals surface area contributed by atoms with Crippen molar-refractivity contribution in [2.75, 3.05) is 19.8 Å². The number of aliphatic imine (C=N–C) groups is 1. The molecule has 10 unspecified atom stereocenters. The molecule has 10 atom stereocenters. The Kier molecular flexibility index (Phi) is 11.9. The number of benzene rings is 3. The SMILES string of the molecule is CCC1C2=CC=NC2=C[NH+]1c1c2c(cc3c(=O)cc(C)oc13)CC(OOCC(O)(Cc1ccc(O)c3ccc(O)cc13)C(O)C(O)C(O)CO)C1(CCCC(C3CNC(=O)C34CCCC4)C1)O2. The summed E-state index contributed by atoms with van der Waals surface area (Å²) in [7, 11) is 0. The first-order valence-electron chi connectivity index (χ1n) is 23.7. The number of phenols is 2. The highest BCUT2D eigenvalue weighted by atomic mass is 17.2. The first-order valence-corrected chi connectivity index (χ1v) is 23.7. The number of quaternary nitrogens is 1. The summed E-state index contributed by atoms with van der Waals surface area (Å²) in [6.45, 7) is 2.75. The third-order valence-electron chi connectivity index (χ3n) is 16.0. The second kappa shape index (κ2) is 17.4. The Morgan fingerprint density at radius 3 is 2.60 bits per heavy atom. The van der Waals surface area contributed by atoms with Gasteiger partial charge < -0.3 is 50.2 Å². The van der Waals surface area contributed by atoms with E-state index in [9.17, 15) is 45.3 Å². The van der Waals surface area contributed by atoms with E-state index in [1.807, 2.05) is 6.08 Å². The number of ether oxygens (including phenoxy) is 1. The molecular weight excluding hydrogens is 863 g/mol. The highest BCUT2D eigenvalue weighted by molar-refractivity contribution is 5.92. The van der Waals surface area contributed by atoms with Crippen molar-refractivity contribution >= 4 is 39.6 Å². The molecule has 16 nitrogen and oxygen atoms in total. The van der Waals surface area contributed by atoms with Gasteiger partial charge in [-0.25, -0.2) is 9.78 Å². The molecule has 2 spiro atoms. The van der Waals surface area contributed by atoms with Crippen molar-refractivity contribution < 1.29 is 64.4 Å². The highest BCUT2D eigenvalue weighted by Crippen LogP contribution is 2.56. The van der Waals surface area contributed by atoms with Crippen molar-refractivity contribution in [2.45, 2.75) is 126 Å². The fourth-order valence-electron chi connectivity index (χ4n) is 12.6. The number of carbonyl (C=O) groups is 1. The van der Waals surface area contributed by atoms with Gasteiger partial charge in [0.1, 0.15) is 77.4 Å². The molecule has 1 aromatic heterocycles. The van der Waals surface area contributed by atoms with Crippen LogP contribution in [0, 0.1) is 24.2 Å². The summed E-state index contributed by atoms with van der Waals surface area (Å²) in [5, 5.41) is 80.6. The molecule has 6 aliphatic rings. The molecule has 2 aliphatic carbocycles. The van der Waals surface area contributed by atoms with E-state index in [4.69, 9.17) is 18.9 Å². The number of allylic oxidation sites excluding steroid dienone is 1. The monoisotopic (exact) mass is 922 g/mol. The Labute approximate surface area is 386 Å². The number of aliphatic hydroxyl groups is 5. The average Bonchev–Trinajstić information content (AvgIpc) is 4.12. The van der Waals surface area contributed by atoms with Crippen molar-refractivity contribution in [2.24, 2.45) is 22.2 Å². The van der Waals surface area contributed by atoms with Gasteiger partial charge in [0.15, 0.2) is 11.2 Å². The standard InChI is InChI=1S/C51H59N3O13/c1-3-38-33-12-16-52-37(33)24-54(38)43-45-30(18-35-40(58)17-27(2)65-46(35)43)19-42(51(66-45)15-6-7-29(22-51)36-23-53-48(62)49(36)13-4-5-14-49)67-64-26-50(63,47(61)44(60)41(59)25-55)21-28-8-11-39(57)32-10-9-31(56)20-34(28)32/h8-12,16-18,20,24,29,36,38,41-42,44,47,55-57,59-61,63H,3-7,13-15,19,21-23,25-26H2,1-2H3,(H,53,62)/p+1. The molecule has 2 saturated carbocycles. The minimum Gasteiger partial charge on any atom is -0.508 e. The fourth-order valence-corrected chi connectivity index (χ4v) is 12.6. The molecule has 3 aromatic carbocycles. The van der Waals surface area contributed by atoms with Crippen LogP contribution in [0.4, 0.5) is 5.69 Å². The molecule has 0 bridgehead atoms. The minimum atomic E-state index is -2.40. The Morgan fingerprint density at radius 2 is 1.82 bits per heavy atom. The molecule has 356 valence electrons. The van der Waals surface area contributed by atoms with Crippen molar-refractivity contribution in [1.29, 1.82) is 0 Å². The number of carbonyl (C=O) groups excluding carboxylic acids is 1. The summed E-state index contributed by atoms with van der Waals surface area (Å²) < 4.78 is 14.0. The van der Waals surface area contributed by atoms with E-state index in [1.165, 1.54) is 36.4 Å². The molecule has 0 radical (unpaired) electrons. The summed E-state index contributed by atoms with van der Waals surface area (Å²) >= 11 is 0. The van der Waals surface area contributed by atoms with Crippen LogP contribution in [0.15, 0.2) is 80.2 Å². The predicted octanol–water partition coefficient (Wildman–Crippen LogP) is 3.36. The van der Waals surface area contributed by atoms with Gasteiger partial charge in [-0.15, -0.1) is 0 Å². The first-order chi connectivity index (χ1) is 32.2. The molecule has 9 N–H and O–H groups in total. The summed E-state index contributed by atoms with van der Waals surface area (Å²) in [5.41, 5.74) is -0.0776. The molecule has 67 heavy (non-hydrogen) atoms. The maximum Gasteiger partial charge on any atom is 0.226 e. The van der Waals surface area contributed by atoms with Gasteiger partial charge in [0.25, 0.3) is 0 Å². The molecule has 1 amide bonds. The fraction of sp³-hybridized carbons (Fsp3) is 0.510. The maximum atomic E-state index is 13.9. The van der Waals surface area contributed by atoms with Crippen molar-refractivity contribution in [3.63, 3.8) is 0 Å². The minimum absolute atomic E-state index is 0.0507. The van der Waals surface area contributed by atoms with E-state index in [0.29, 0.717) is 69.5 Å². The van der Waals surface area contributed by atoms with Crippen molar-refractivity contribution in [3.05, 3.63) is 93.1 Å². The van der Waals surface area contributed by atoms with E-state index in [2.05, 4.69) is 23.4 Å². The summed E-state index contributed by atoms with van der Waals surface area (Å²) in [4.78, 5) is 45.7. The van der Waals surface area contributed by atoms with Gasteiger partial charge >= 0.3 is 0 Å². The summed E-state index contributed by atoms with van der Waals surface area (Å²) in [6.07, 6.45) is 5.83. The third-order valence-corrected chi connectivity index (χ3v) is 16.0. The van der Waals surface area contributed by atoms with Gasteiger partial charge in [-0.3, -0.25) is 19.5 Å². The number of nitrogens with zero attached hydrogens (tertiary/aromatic N) is 1. The van der Waals surface area contributed by atoms with Crippen LogP contribution >= 0.6 is 0 Å². The average molecular weight is 923 g/mol. The molecule has 4 aromatic rings. The van der Waals surface area contributed by atoms with Gasteiger partial charge in [-0.2, -0.15) is 0 Å². The molecular formula is C51H60N3O13+. The third kappa shape index (κ3) is 7.66. The van der Waals surface area contributed by atoms with Crippen LogP contribution < -0.4 is 20.4 Å². The van der Waals surface area contributed by atoms with Crippen LogP contribution in [-0.2, 0) is 27.4 Å². The molecule has 5 heterocycles. The van der Waals surface area contributed by atoms with Crippen molar-refractivity contribution in [1.82, 2.24) is 5.32 Å². The number of nitrogens with one attached hydrogen (secondary N) is 2. The molecule has 10 rings (SSSR count). The highest BCUT2D eigenvalue weighted by Gasteiger charge is 2.59. The number of aliphatic hydroxyl groups excluding tert-OH is 4. The number of aryl methyl sites for hydroxylation is 1. The Balaban J connectivity index is 1.05. The Bertz CT molecular complexity index is 2760. The van der Waals surface area contributed by atoms with Crippen LogP contribution in [0.2, 0.25) is 0 Å². The molecule has 3 fully saturated rings. The molecule has 4 aliphatic heterocycles. The lowest BCUT2D eigenvalue weighted by Gasteiger charge is -2.50. The Morgan fingerprint density at radius 1 is 1.01 bits per heavy atom. The van der Waals surface area contributed by atoms with Gasteiger partial charge in [0, 0.05) is 54.6 Å². The van der Waals surface area contributed by atoms with Crippen LogP contribution in [0.1, 0.15) is 81.6 Å². The normalized spacial score (nSPS) is 28.5. The second-order valence-corrected chi connectivity index (χ2v) is 19.9. The van der Waals surface area contributed by atoms with Crippen LogP contribution in [0.5, 0.6) is 17.2 Å². The van der Waals surface area contributed by atoms with Gasteiger partial charge in [0.05, 0.1) is 17.4 Å².